The lowest BCUT2D eigenvalue weighted by atomic mass is 10.00. The maximum Gasteiger partial charge on any atom is 0.293 e. The van der Waals surface area contributed by atoms with Crippen molar-refractivity contribution in [2.75, 3.05) is 17.9 Å². The van der Waals surface area contributed by atoms with Crippen LogP contribution >= 0.6 is 11.8 Å². The van der Waals surface area contributed by atoms with E-state index in [0.29, 0.717) is 39.2 Å². The predicted octanol–water partition coefficient (Wildman–Crippen LogP) is 3.16. The number of thioether (sulfide) groups is 1. The van der Waals surface area contributed by atoms with Crippen LogP contribution in [0.1, 0.15) is 22.1 Å². The molecule has 1 unspecified atom stereocenters. The van der Waals surface area contributed by atoms with Crippen molar-refractivity contribution in [2.24, 2.45) is 0 Å². The van der Waals surface area contributed by atoms with Crippen molar-refractivity contribution in [1.82, 2.24) is 10.1 Å². The molecule has 3 aromatic carbocycles. The highest BCUT2D eigenvalue weighted by Gasteiger charge is 2.45. The normalized spacial score (nSPS) is 15.6. The van der Waals surface area contributed by atoms with Crippen molar-refractivity contribution in [3.8, 4) is 28.6 Å². The minimum atomic E-state index is -0.742. The Morgan fingerprint density at radius 2 is 1.82 bits per heavy atom. The van der Waals surface area contributed by atoms with E-state index in [0.717, 1.165) is 5.56 Å². The van der Waals surface area contributed by atoms with Crippen LogP contribution in [-0.4, -0.2) is 29.0 Å². The fourth-order valence-corrected chi connectivity index (χ4v) is 4.68. The van der Waals surface area contributed by atoms with E-state index in [-0.39, 0.29) is 12.7 Å². The number of para-hydroxylation sites is 1. The van der Waals surface area contributed by atoms with Gasteiger partial charge >= 0.3 is 0 Å². The average Bonchev–Trinajstić information content (AvgIpc) is 3.35. The Labute approximate surface area is 199 Å². The number of rotatable bonds is 3. The van der Waals surface area contributed by atoms with E-state index in [4.69, 9.17) is 9.47 Å². The Bertz CT molecular complexity index is 1430. The van der Waals surface area contributed by atoms with Crippen LogP contribution in [0.3, 0.4) is 0 Å². The first kappa shape index (κ1) is 20.5. The van der Waals surface area contributed by atoms with E-state index in [2.05, 4.69) is 10.1 Å². The molecule has 0 aliphatic carbocycles. The molecule has 0 fully saturated rings. The highest BCUT2D eigenvalue weighted by atomic mass is 32.2. The molecular formula is C25H18N4O4S. The first-order valence-corrected chi connectivity index (χ1v) is 11.8. The number of fused-ring (bicyclic) bond motifs is 4. The highest BCUT2D eigenvalue weighted by molar-refractivity contribution is 7.98. The number of ether oxygens (including phenoxy) is 2. The van der Waals surface area contributed by atoms with Crippen molar-refractivity contribution in [1.29, 1.82) is 0 Å². The van der Waals surface area contributed by atoms with E-state index in [1.54, 1.807) is 34.0 Å². The molecule has 8 nitrogen and oxygen atoms in total. The molecule has 2 aliphatic heterocycles. The fraction of sp³-hybridized carbons (Fsp3) is 0.120. The predicted molar refractivity (Wildman–Crippen MR) is 123 cm³/mol. The number of benzene rings is 3. The Balaban J connectivity index is 1.64. The van der Waals surface area contributed by atoms with Crippen LogP contribution in [0.2, 0.25) is 0 Å². The van der Waals surface area contributed by atoms with Gasteiger partial charge in [0.05, 0.1) is 17.1 Å². The van der Waals surface area contributed by atoms with Crippen molar-refractivity contribution in [3.05, 3.63) is 83.9 Å². The van der Waals surface area contributed by atoms with Gasteiger partial charge in [-0.25, -0.2) is 9.88 Å². The molecule has 0 bridgehead atoms. The van der Waals surface area contributed by atoms with Crippen LogP contribution in [0.4, 0.5) is 5.69 Å². The lowest BCUT2D eigenvalue weighted by Crippen LogP contribution is -2.59. The summed E-state index contributed by atoms with van der Waals surface area (Å²) in [5.74, 6) is 0.588. The summed E-state index contributed by atoms with van der Waals surface area (Å²) >= 11 is 1.27. The zero-order valence-electron chi connectivity index (χ0n) is 18.0. The summed E-state index contributed by atoms with van der Waals surface area (Å²) in [7, 11) is 0. The zero-order chi connectivity index (χ0) is 23.2. The van der Waals surface area contributed by atoms with Gasteiger partial charge in [-0.1, -0.05) is 46.8 Å². The highest BCUT2D eigenvalue weighted by Crippen LogP contribution is 2.43. The Hall–Kier alpha value is -4.11. The first-order valence-electron chi connectivity index (χ1n) is 10.6. The molecule has 2 aliphatic rings. The summed E-state index contributed by atoms with van der Waals surface area (Å²) in [5, 5.41) is 18.2. The molecular weight excluding hydrogens is 452 g/mol. The Kier molecular flexibility index (Phi) is 4.84. The van der Waals surface area contributed by atoms with Gasteiger partial charge in [0.25, 0.3) is 22.9 Å². The zero-order valence-corrected chi connectivity index (χ0v) is 18.9. The number of anilines is 1. The minimum Gasteiger partial charge on any atom is -0.854 e. The molecule has 0 spiro atoms. The largest absolute Gasteiger partial charge is 0.854 e. The standard InChI is InChI=1S/C25H18N4O4S/c1-34-25-26-22(30)21-17-9-5-6-10-18(17)28(24(31)15-7-3-2-4-8-15)23(29(21)27-25)16-11-12-19-20(13-16)33-14-32-19/h2-13,23H,14H2,1H3. The fourth-order valence-electron chi connectivity index (χ4n) is 4.33. The number of aromatic nitrogens is 3. The second kappa shape index (κ2) is 8.03. The third-order valence-electron chi connectivity index (χ3n) is 5.83. The van der Waals surface area contributed by atoms with Crippen LogP contribution in [0.25, 0.3) is 11.3 Å². The van der Waals surface area contributed by atoms with Gasteiger partial charge in [0.2, 0.25) is 6.79 Å². The Morgan fingerprint density at radius 1 is 1.06 bits per heavy atom. The van der Waals surface area contributed by atoms with Crippen LogP contribution in [-0.2, 0) is 0 Å². The Morgan fingerprint density at radius 3 is 2.65 bits per heavy atom. The molecule has 0 radical (unpaired) electrons. The second-order valence-electron chi connectivity index (χ2n) is 7.74. The van der Waals surface area contributed by atoms with Crippen molar-refractivity contribution < 1.29 is 24.1 Å². The van der Waals surface area contributed by atoms with Gasteiger partial charge < -0.3 is 14.6 Å². The van der Waals surface area contributed by atoms with Crippen LogP contribution < -0.4 is 24.2 Å². The topological polar surface area (TPSA) is 91.5 Å². The van der Waals surface area contributed by atoms with Gasteiger partial charge in [0.1, 0.15) is 0 Å². The van der Waals surface area contributed by atoms with E-state index in [1.165, 1.54) is 11.8 Å². The monoisotopic (exact) mass is 470 g/mol. The number of nitrogens with zero attached hydrogens (tertiary/aromatic N) is 4. The molecule has 0 N–H and O–H groups in total. The van der Waals surface area contributed by atoms with Gasteiger partial charge in [-0.2, -0.15) is 0 Å². The van der Waals surface area contributed by atoms with E-state index >= 15 is 0 Å². The van der Waals surface area contributed by atoms with Crippen LogP contribution in [0.5, 0.6) is 17.4 Å². The molecule has 1 aromatic heterocycles. The lowest BCUT2D eigenvalue weighted by Gasteiger charge is -2.33. The van der Waals surface area contributed by atoms with Gasteiger partial charge in [-0.15, -0.1) is 0 Å². The average molecular weight is 471 g/mol. The van der Waals surface area contributed by atoms with Crippen LogP contribution in [0, 0.1) is 0 Å². The molecule has 0 saturated carbocycles. The minimum absolute atomic E-state index is 0.131. The molecule has 1 atom stereocenters. The molecule has 4 aromatic rings. The maximum atomic E-state index is 14.0. The van der Waals surface area contributed by atoms with Crippen molar-refractivity contribution >= 4 is 23.4 Å². The smallest absolute Gasteiger partial charge is 0.293 e. The molecule has 1 amide bonds. The molecule has 3 heterocycles. The number of amides is 1. The molecule has 34 heavy (non-hydrogen) atoms. The van der Waals surface area contributed by atoms with Gasteiger partial charge in [-0.05, 0) is 48.7 Å². The summed E-state index contributed by atoms with van der Waals surface area (Å²) in [6.07, 6.45) is 1.06. The third kappa shape index (κ3) is 3.16. The summed E-state index contributed by atoms with van der Waals surface area (Å²) in [4.78, 5) is 19.8. The maximum absolute atomic E-state index is 14.0. The van der Waals surface area contributed by atoms with E-state index < -0.39 is 12.0 Å². The molecule has 0 saturated heterocycles. The SMILES string of the molecule is CSc1nc([O-])c2[n+](n1)C(c1ccc3c(c1)OCO3)N(C(=O)c1ccccc1)c1ccccc1-2. The van der Waals surface area contributed by atoms with Crippen molar-refractivity contribution in [3.63, 3.8) is 0 Å². The molecule has 168 valence electrons. The molecule has 9 heteroatoms. The summed E-state index contributed by atoms with van der Waals surface area (Å²) in [6, 6.07) is 21.9. The van der Waals surface area contributed by atoms with Gasteiger partial charge in [-0.3, -0.25) is 4.79 Å². The summed E-state index contributed by atoms with van der Waals surface area (Å²) in [5.41, 5.74) is 2.78. The lowest BCUT2D eigenvalue weighted by molar-refractivity contribution is -0.764. The summed E-state index contributed by atoms with van der Waals surface area (Å²) < 4.78 is 12.7. The van der Waals surface area contributed by atoms with Crippen molar-refractivity contribution in [2.45, 2.75) is 11.3 Å². The van der Waals surface area contributed by atoms with E-state index in [1.807, 2.05) is 54.6 Å². The first-order chi connectivity index (χ1) is 16.7. The number of carbonyl (C=O) groups excluding carboxylic acids is 1. The second-order valence-corrected chi connectivity index (χ2v) is 8.51. The number of hydrogen-bond acceptors (Lipinski definition) is 7. The summed E-state index contributed by atoms with van der Waals surface area (Å²) in [6.45, 7) is 0.131. The number of carbonyl (C=O) groups is 1. The third-order valence-corrected chi connectivity index (χ3v) is 6.37. The van der Waals surface area contributed by atoms with E-state index in [9.17, 15) is 9.90 Å². The molecule has 6 rings (SSSR count). The van der Waals surface area contributed by atoms with Crippen LogP contribution in [0.15, 0.2) is 78.0 Å². The van der Waals surface area contributed by atoms with Gasteiger partial charge in [0, 0.05) is 16.2 Å². The quantitative estimate of drug-likeness (QED) is 0.336. The number of hydrogen-bond donors (Lipinski definition) is 0. The van der Waals surface area contributed by atoms with Gasteiger partial charge in [0.15, 0.2) is 11.5 Å².